The Balaban J connectivity index is 1.19. The zero-order chi connectivity index (χ0) is 44.3. The van der Waals surface area contributed by atoms with E-state index >= 15 is 0 Å². The van der Waals surface area contributed by atoms with E-state index in [4.69, 9.17) is 16.5 Å². The van der Waals surface area contributed by atoms with E-state index in [-0.39, 0.29) is 0 Å². The average molecular weight is 844 g/mol. The van der Waals surface area contributed by atoms with Gasteiger partial charge in [0.2, 0.25) is 0 Å². The molecule has 0 spiro atoms. The Hall–Kier alpha value is -8.85. The number of hydrogen-bond acceptors (Lipinski definition) is 2. The molecule has 5 nitrogen and oxygen atoms in total. The van der Waals surface area contributed by atoms with Crippen LogP contribution in [0.3, 0.4) is 0 Å². The Morgan fingerprint density at radius 2 is 0.788 bits per heavy atom. The normalized spacial score (nSPS) is 11.5. The Kier molecular flexibility index (Phi) is 9.25. The number of rotatable bonds is 7. The second-order valence-corrected chi connectivity index (χ2v) is 17.0. The Morgan fingerprint density at radius 1 is 0.364 bits per heavy atom. The molecular formula is C61H41N5. The van der Waals surface area contributed by atoms with E-state index in [0.29, 0.717) is 17.1 Å². The summed E-state index contributed by atoms with van der Waals surface area (Å²) in [7, 11) is 0. The molecule has 0 unspecified atom stereocenters. The maximum atomic E-state index is 8.84. The van der Waals surface area contributed by atoms with Crippen LogP contribution in [0.4, 0.5) is 5.69 Å². The summed E-state index contributed by atoms with van der Waals surface area (Å²) < 4.78 is 4.72. The third-order valence-corrected chi connectivity index (χ3v) is 13.1. The van der Waals surface area contributed by atoms with Gasteiger partial charge in [0.25, 0.3) is 0 Å². The lowest BCUT2D eigenvalue weighted by Gasteiger charge is -2.20. The molecule has 310 valence electrons. The van der Waals surface area contributed by atoms with Crippen molar-refractivity contribution in [2.24, 2.45) is 0 Å². The van der Waals surface area contributed by atoms with Gasteiger partial charge in [-0.3, -0.25) is 0 Å². The van der Waals surface area contributed by atoms with Crippen molar-refractivity contribution in [3.8, 4) is 67.5 Å². The van der Waals surface area contributed by atoms with Crippen LogP contribution in [-0.4, -0.2) is 19.1 Å². The van der Waals surface area contributed by atoms with Crippen LogP contribution < -0.4 is 0 Å². The highest BCUT2D eigenvalue weighted by molar-refractivity contribution is 6.13. The Morgan fingerprint density at radius 3 is 1.27 bits per heavy atom. The van der Waals surface area contributed by atoms with Crippen LogP contribution in [0.1, 0.15) is 11.1 Å². The minimum absolute atomic E-state index is 0.461. The zero-order valence-electron chi connectivity index (χ0n) is 36.4. The molecule has 9 aromatic carbocycles. The average Bonchev–Trinajstić information content (AvgIpc) is 3.88. The zero-order valence-corrected chi connectivity index (χ0v) is 36.4. The first kappa shape index (κ1) is 38.8. The predicted molar refractivity (Wildman–Crippen MR) is 274 cm³/mol. The number of aromatic nitrogens is 4. The van der Waals surface area contributed by atoms with Gasteiger partial charge in [0.1, 0.15) is 5.82 Å². The highest BCUT2D eigenvalue weighted by atomic mass is 15.1. The van der Waals surface area contributed by atoms with Crippen LogP contribution in [0.25, 0.3) is 116 Å². The minimum atomic E-state index is 0.461. The summed E-state index contributed by atoms with van der Waals surface area (Å²) >= 11 is 0. The first-order valence-corrected chi connectivity index (χ1v) is 22.3. The Labute approximate surface area is 383 Å². The highest BCUT2D eigenvalue weighted by Gasteiger charge is 2.24. The molecule has 0 fully saturated rings. The van der Waals surface area contributed by atoms with Gasteiger partial charge < -0.3 is 9.13 Å². The van der Waals surface area contributed by atoms with Crippen molar-refractivity contribution in [1.29, 1.82) is 0 Å². The summed E-state index contributed by atoms with van der Waals surface area (Å²) in [5.41, 5.74) is 17.9. The lowest BCUT2D eigenvalue weighted by atomic mass is 9.99. The maximum Gasteiger partial charge on any atom is 0.200 e. The van der Waals surface area contributed by atoms with Gasteiger partial charge in [-0.25, -0.2) is 14.8 Å². The third kappa shape index (κ3) is 6.38. The summed E-state index contributed by atoms with van der Waals surface area (Å²) in [6, 6.07) is 74.7. The quantitative estimate of drug-likeness (QED) is 0.150. The fourth-order valence-corrected chi connectivity index (χ4v) is 9.87. The van der Waals surface area contributed by atoms with Crippen LogP contribution in [0.5, 0.6) is 0 Å². The van der Waals surface area contributed by atoms with Crippen LogP contribution in [0.15, 0.2) is 212 Å². The molecule has 3 heterocycles. The summed E-state index contributed by atoms with van der Waals surface area (Å²) in [4.78, 5) is 14.8. The molecule has 66 heavy (non-hydrogen) atoms. The molecular weight excluding hydrogens is 803 g/mol. The fourth-order valence-electron chi connectivity index (χ4n) is 9.87. The maximum absolute atomic E-state index is 8.84. The van der Waals surface area contributed by atoms with Gasteiger partial charge in [0, 0.05) is 38.2 Å². The van der Waals surface area contributed by atoms with Gasteiger partial charge in [-0.15, -0.1) is 0 Å². The van der Waals surface area contributed by atoms with E-state index < -0.39 is 0 Å². The lowest BCUT2D eigenvalue weighted by molar-refractivity contribution is 1.09. The van der Waals surface area contributed by atoms with Crippen molar-refractivity contribution in [2.45, 2.75) is 13.8 Å². The second-order valence-electron chi connectivity index (χ2n) is 17.0. The lowest BCUT2D eigenvalue weighted by Crippen LogP contribution is -2.05. The van der Waals surface area contributed by atoms with Gasteiger partial charge in [0.15, 0.2) is 5.69 Å². The van der Waals surface area contributed by atoms with E-state index in [1.165, 1.54) is 27.8 Å². The molecule has 0 saturated heterocycles. The monoisotopic (exact) mass is 843 g/mol. The molecule has 12 aromatic rings. The molecule has 0 aliphatic carbocycles. The fraction of sp³-hybridized carbons (Fsp3) is 0.0328. The van der Waals surface area contributed by atoms with Gasteiger partial charge in [0.05, 0.1) is 51.4 Å². The number of aryl methyl sites for hydroxylation is 2. The highest BCUT2D eigenvalue weighted by Crippen LogP contribution is 2.44. The summed E-state index contributed by atoms with van der Waals surface area (Å²) in [6.07, 6.45) is 0. The van der Waals surface area contributed by atoms with Crippen molar-refractivity contribution in [3.05, 3.63) is 235 Å². The summed E-state index contributed by atoms with van der Waals surface area (Å²) in [5.74, 6) is 0.488. The molecule has 0 bridgehead atoms. The van der Waals surface area contributed by atoms with E-state index in [0.717, 1.165) is 83.1 Å². The molecule has 12 rings (SSSR count). The van der Waals surface area contributed by atoms with E-state index in [2.05, 4.69) is 198 Å². The molecule has 0 amide bonds. The molecule has 0 saturated carbocycles. The van der Waals surface area contributed by atoms with Crippen LogP contribution >= 0.6 is 0 Å². The van der Waals surface area contributed by atoms with E-state index in [1.54, 1.807) is 0 Å². The number of para-hydroxylation sites is 2. The molecule has 3 aromatic heterocycles. The molecule has 0 N–H and O–H groups in total. The van der Waals surface area contributed by atoms with Crippen molar-refractivity contribution < 1.29 is 0 Å². The van der Waals surface area contributed by atoms with Crippen LogP contribution in [0, 0.1) is 20.4 Å². The number of benzene rings is 9. The van der Waals surface area contributed by atoms with Gasteiger partial charge in [-0.2, -0.15) is 0 Å². The topological polar surface area (TPSA) is 40.0 Å². The number of nitrogens with zero attached hydrogens (tertiary/aromatic N) is 5. The van der Waals surface area contributed by atoms with Crippen molar-refractivity contribution in [2.75, 3.05) is 0 Å². The predicted octanol–water partition coefficient (Wildman–Crippen LogP) is 16.2. The summed E-state index contributed by atoms with van der Waals surface area (Å²) in [6.45, 7) is 13.2. The van der Waals surface area contributed by atoms with Crippen molar-refractivity contribution in [3.63, 3.8) is 0 Å². The first-order valence-electron chi connectivity index (χ1n) is 22.3. The van der Waals surface area contributed by atoms with Crippen LogP contribution in [0.2, 0.25) is 0 Å². The van der Waals surface area contributed by atoms with Gasteiger partial charge >= 0.3 is 0 Å². The van der Waals surface area contributed by atoms with Crippen molar-refractivity contribution in [1.82, 2.24) is 19.1 Å². The number of hydrogen-bond donors (Lipinski definition) is 0. The molecule has 5 heteroatoms. The molecule has 0 aliphatic heterocycles. The summed E-state index contributed by atoms with van der Waals surface area (Å²) in [5, 5.41) is 4.57. The van der Waals surface area contributed by atoms with Gasteiger partial charge in [-0.1, -0.05) is 158 Å². The van der Waals surface area contributed by atoms with Gasteiger partial charge in [-0.05, 0) is 102 Å². The second kappa shape index (κ2) is 15.7. The minimum Gasteiger partial charge on any atom is -0.308 e. The van der Waals surface area contributed by atoms with Crippen LogP contribution in [-0.2, 0) is 0 Å². The number of fused-ring (bicyclic) bond motifs is 6. The SMILES string of the molecule is [C-]#[N+]c1cc(-n2c3ccccc3c3cc(-c4ccccc4C)ccc32)c(-n2c3ccccc3c3cc(-c4ccccc4C)ccc32)cc1-c1nc(-c2ccccc2)cc(-c2ccccc2)n1. The van der Waals surface area contributed by atoms with E-state index in [1.807, 2.05) is 42.5 Å². The van der Waals surface area contributed by atoms with Crippen molar-refractivity contribution >= 4 is 49.3 Å². The third-order valence-electron chi connectivity index (χ3n) is 13.1. The first-order chi connectivity index (χ1) is 32.5. The standard InChI is InChI=1S/C61H41N5/c1-39-18-10-12-24-45(39)43-30-32-57-49(34-43)47-26-14-16-28-55(47)65(57)59-36-51(61-63-52(41-20-6-4-7-21-41)37-53(64-61)42-22-8-5-9-23-42)54(62-3)38-60(59)66-56-29-17-15-27-48(56)50-35-44(31-33-58(50)66)46-25-13-11-19-40(46)2/h4-38H,1-2H3. The molecule has 0 radical (unpaired) electrons. The molecule has 0 atom stereocenters. The smallest absolute Gasteiger partial charge is 0.200 e. The largest absolute Gasteiger partial charge is 0.308 e. The van der Waals surface area contributed by atoms with E-state index in [9.17, 15) is 0 Å². The Bertz CT molecular complexity index is 3850. The molecule has 0 aliphatic rings.